The van der Waals surface area contributed by atoms with Gasteiger partial charge in [0.2, 0.25) is 0 Å². The van der Waals surface area contributed by atoms with Gasteiger partial charge in [-0.2, -0.15) is 0 Å². The second-order valence-corrected chi connectivity index (χ2v) is 6.20. The number of halogens is 1. The predicted octanol–water partition coefficient (Wildman–Crippen LogP) is 3.64. The van der Waals surface area contributed by atoms with Gasteiger partial charge < -0.3 is 9.47 Å². The molecule has 1 aromatic rings. The molecule has 0 N–H and O–H groups in total. The summed E-state index contributed by atoms with van der Waals surface area (Å²) in [7, 11) is 0. The molecule has 1 rings (SSSR count). The van der Waals surface area contributed by atoms with Crippen molar-refractivity contribution in [1.29, 1.82) is 0 Å². The van der Waals surface area contributed by atoms with E-state index in [4.69, 9.17) is 21.1 Å². The third kappa shape index (κ3) is 6.80. The van der Waals surface area contributed by atoms with Gasteiger partial charge in [0.1, 0.15) is 12.1 Å². The summed E-state index contributed by atoms with van der Waals surface area (Å²) in [6.45, 7) is 7.38. The Morgan fingerprint density at radius 1 is 1.18 bits per heavy atom. The van der Waals surface area contributed by atoms with Gasteiger partial charge in [0.25, 0.3) is 0 Å². The fourth-order valence-electron chi connectivity index (χ4n) is 1.68. The van der Waals surface area contributed by atoms with Gasteiger partial charge in [-0.05, 0) is 45.4 Å². The van der Waals surface area contributed by atoms with Gasteiger partial charge in [-0.3, -0.25) is 9.69 Å². The molecule has 0 fully saturated rings. The molecule has 0 aliphatic carbocycles. The Morgan fingerprint density at radius 3 is 2.27 bits per heavy atom. The van der Waals surface area contributed by atoms with E-state index in [0.29, 0.717) is 5.02 Å². The number of rotatable bonds is 5. The first-order valence-corrected chi connectivity index (χ1v) is 7.47. The highest BCUT2D eigenvalue weighted by molar-refractivity contribution is 6.30. The predicted molar refractivity (Wildman–Crippen MR) is 84.7 cm³/mol. The molecule has 22 heavy (non-hydrogen) atoms. The Bertz CT molecular complexity index is 508. The minimum Gasteiger partial charge on any atom is -0.465 e. The van der Waals surface area contributed by atoms with Crippen LogP contribution in [0.5, 0.6) is 0 Å². The standard InChI is InChI=1S/C16H22ClNO4/c1-5-21-14(19)11-18(15(20)22-16(2,3)4)10-12-6-8-13(17)9-7-12/h6-9H,5,10-11H2,1-4H3. The van der Waals surface area contributed by atoms with E-state index >= 15 is 0 Å². The Kier molecular flexibility index (Phi) is 6.68. The van der Waals surface area contributed by atoms with Crippen LogP contribution in [0.25, 0.3) is 0 Å². The first-order chi connectivity index (χ1) is 10.2. The molecule has 0 unspecified atom stereocenters. The van der Waals surface area contributed by atoms with Gasteiger partial charge in [0.05, 0.1) is 6.61 Å². The number of nitrogens with zero attached hydrogens (tertiary/aromatic N) is 1. The lowest BCUT2D eigenvalue weighted by molar-refractivity contribution is -0.144. The number of carbonyl (C=O) groups is 2. The van der Waals surface area contributed by atoms with Crippen molar-refractivity contribution in [3.63, 3.8) is 0 Å². The van der Waals surface area contributed by atoms with Crippen LogP contribution in [-0.4, -0.2) is 35.7 Å². The van der Waals surface area contributed by atoms with Crippen LogP contribution < -0.4 is 0 Å². The summed E-state index contributed by atoms with van der Waals surface area (Å²) in [4.78, 5) is 25.2. The normalized spacial score (nSPS) is 11.0. The highest BCUT2D eigenvalue weighted by Gasteiger charge is 2.24. The van der Waals surface area contributed by atoms with E-state index in [-0.39, 0.29) is 19.7 Å². The monoisotopic (exact) mass is 327 g/mol. The van der Waals surface area contributed by atoms with Crippen molar-refractivity contribution in [2.45, 2.75) is 39.8 Å². The van der Waals surface area contributed by atoms with Crippen molar-refractivity contribution >= 4 is 23.7 Å². The number of benzene rings is 1. The zero-order valence-corrected chi connectivity index (χ0v) is 14.1. The summed E-state index contributed by atoms with van der Waals surface area (Å²) >= 11 is 5.84. The van der Waals surface area contributed by atoms with Crippen molar-refractivity contribution in [2.24, 2.45) is 0 Å². The molecule has 0 bridgehead atoms. The van der Waals surface area contributed by atoms with E-state index in [2.05, 4.69) is 0 Å². The summed E-state index contributed by atoms with van der Waals surface area (Å²) in [6.07, 6.45) is -0.560. The van der Waals surface area contributed by atoms with Crippen molar-refractivity contribution in [1.82, 2.24) is 4.90 Å². The molecule has 0 aliphatic heterocycles. The highest BCUT2D eigenvalue weighted by Crippen LogP contribution is 2.15. The van der Waals surface area contributed by atoms with Crippen molar-refractivity contribution in [2.75, 3.05) is 13.2 Å². The summed E-state index contributed by atoms with van der Waals surface area (Å²) in [5, 5.41) is 0.609. The molecule has 0 atom stereocenters. The second kappa shape index (κ2) is 8.03. The van der Waals surface area contributed by atoms with E-state index in [1.54, 1.807) is 52.0 Å². The molecule has 0 radical (unpaired) electrons. The summed E-state index contributed by atoms with van der Waals surface area (Å²) in [5.74, 6) is -0.470. The molecule has 0 saturated heterocycles. The van der Waals surface area contributed by atoms with E-state index < -0.39 is 17.7 Å². The van der Waals surface area contributed by atoms with Crippen LogP contribution in [0.15, 0.2) is 24.3 Å². The van der Waals surface area contributed by atoms with Crippen LogP contribution in [0, 0.1) is 0 Å². The number of hydrogen-bond acceptors (Lipinski definition) is 4. The van der Waals surface area contributed by atoms with Crippen molar-refractivity contribution < 1.29 is 19.1 Å². The lowest BCUT2D eigenvalue weighted by atomic mass is 10.2. The van der Waals surface area contributed by atoms with E-state index in [0.717, 1.165) is 5.56 Å². The van der Waals surface area contributed by atoms with Gasteiger partial charge in [0, 0.05) is 11.6 Å². The quantitative estimate of drug-likeness (QED) is 0.775. The first-order valence-electron chi connectivity index (χ1n) is 7.09. The molecule has 1 amide bonds. The minimum atomic E-state index is -0.635. The summed E-state index contributed by atoms with van der Waals surface area (Å²) in [6, 6.07) is 7.05. The summed E-state index contributed by atoms with van der Waals surface area (Å²) in [5.41, 5.74) is 0.212. The van der Waals surface area contributed by atoms with E-state index in [9.17, 15) is 9.59 Å². The average Bonchev–Trinajstić information content (AvgIpc) is 2.39. The number of amides is 1. The number of hydrogen-bond donors (Lipinski definition) is 0. The average molecular weight is 328 g/mol. The molecule has 1 aromatic carbocycles. The Balaban J connectivity index is 2.83. The zero-order chi connectivity index (χ0) is 16.8. The van der Waals surface area contributed by atoms with Crippen LogP contribution in [0.1, 0.15) is 33.3 Å². The molecule has 6 heteroatoms. The fraction of sp³-hybridized carbons (Fsp3) is 0.500. The topological polar surface area (TPSA) is 55.8 Å². The molecule has 0 aromatic heterocycles. The lowest BCUT2D eigenvalue weighted by Gasteiger charge is -2.26. The molecule has 0 saturated carbocycles. The molecule has 5 nitrogen and oxygen atoms in total. The van der Waals surface area contributed by atoms with E-state index in [1.165, 1.54) is 4.90 Å². The smallest absolute Gasteiger partial charge is 0.411 e. The number of carbonyl (C=O) groups excluding carboxylic acids is 2. The zero-order valence-electron chi connectivity index (χ0n) is 13.4. The van der Waals surface area contributed by atoms with Gasteiger partial charge in [-0.15, -0.1) is 0 Å². The van der Waals surface area contributed by atoms with Crippen LogP contribution in [0.4, 0.5) is 4.79 Å². The largest absolute Gasteiger partial charge is 0.465 e. The van der Waals surface area contributed by atoms with E-state index in [1.807, 2.05) is 0 Å². The Labute approximate surface area is 136 Å². The van der Waals surface area contributed by atoms with Crippen LogP contribution in [0.2, 0.25) is 5.02 Å². The summed E-state index contributed by atoms with van der Waals surface area (Å²) < 4.78 is 10.2. The molecular formula is C16H22ClNO4. The Morgan fingerprint density at radius 2 is 1.77 bits per heavy atom. The Hall–Kier alpha value is -1.75. The maximum Gasteiger partial charge on any atom is 0.411 e. The third-order valence-corrected chi connectivity index (χ3v) is 2.82. The number of ether oxygens (including phenoxy) is 2. The minimum absolute atomic E-state index is 0.161. The molecule has 0 heterocycles. The van der Waals surface area contributed by atoms with Crippen molar-refractivity contribution in [3.05, 3.63) is 34.9 Å². The van der Waals surface area contributed by atoms with Crippen molar-refractivity contribution in [3.8, 4) is 0 Å². The number of esters is 1. The maximum atomic E-state index is 12.2. The first kappa shape index (κ1) is 18.3. The second-order valence-electron chi connectivity index (χ2n) is 5.77. The lowest BCUT2D eigenvalue weighted by Crippen LogP contribution is -2.39. The van der Waals surface area contributed by atoms with Gasteiger partial charge in [-0.1, -0.05) is 23.7 Å². The fourth-order valence-corrected chi connectivity index (χ4v) is 1.81. The molecule has 0 aliphatic rings. The molecular weight excluding hydrogens is 306 g/mol. The van der Waals surface area contributed by atoms with Gasteiger partial charge in [-0.25, -0.2) is 4.79 Å². The van der Waals surface area contributed by atoms with Crippen LogP contribution in [0.3, 0.4) is 0 Å². The van der Waals surface area contributed by atoms with Gasteiger partial charge >= 0.3 is 12.1 Å². The van der Waals surface area contributed by atoms with Gasteiger partial charge in [0.15, 0.2) is 0 Å². The third-order valence-electron chi connectivity index (χ3n) is 2.56. The van der Waals surface area contributed by atoms with Crippen LogP contribution in [-0.2, 0) is 20.8 Å². The van der Waals surface area contributed by atoms with Crippen LogP contribution >= 0.6 is 11.6 Å². The SMILES string of the molecule is CCOC(=O)CN(Cc1ccc(Cl)cc1)C(=O)OC(C)(C)C. The molecule has 122 valence electrons. The maximum absolute atomic E-state index is 12.2. The highest BCUT2D eigenvalue weighted by atomic mass is 35.5. The molecule has 0 spiro atoms.